The molecule has 4 aromatic rings. The van der Waals surface area contributed by atoms with Crippen molar-refractivity contribution >= 4 is 34.7 Å². The molecular weight excluding hydrogens is 438 g/mol. The second kappa shape index (κ2) is 7.88. The molecule has 0 saturated carbocycles. The summed E-state index contributed by atoms with van der Waals surface area (Å²) >= 11 is 5.79. The smallest absolute Gasteiger partial charge is 0.308 e. The van der Waals surface area contributed by atoms with Crippen LogP contribution in [0.1, 0.15) is 5.56 Å². The summed E-state index contributed by atoms with van der Waals surface area (Å²) in [6, 6.07) is 10.8. The molecule has 0 bridgehead atoms. The fourth-order valence-electron chi connectivity index (χ4n) is 2.78. The molecule has 158 valence electrons. The Kier molecular flexibility index (Phi) is 5.24. The highest BCUT2D eigenvalue weighted by molar-refractivity contribution is 6.31. The topological polar surface area (TPSA) is 71.3 Å². The third-order valence-electron chi connectivity index (χ3n) is 4.21. The maximum absolute atomic E-state index is 13.4. The fraction of sp³-hybridized carbons (Fsp3) is 0.0500. The van der Waals surface area contributed by atoms with Crippen molar-refractivity contribution < 1.29 is 22.4 Å². The molecule has 0 saturated heterocycles. The summed E-state index contributed by atoms with van der Waals surface area (Å²) < 4.78 is 53.1. The van der Waals surface area contributed by atoms with Gasteiger partial charge in [-0.25, -0.2) is 18.7 Å². The number of hydrogen-bond acceptors (Lipinski definition) is 3. The van der Waals surface area contributed by atoms with Gasteiger partial charge in [0.25, 0.3) is 0 Å². The first-order valence-electron chi connectivity index (χ1n) is 8.76. The zero-order chi connectivity index (χ0) is 22.2. The van der Waals surface area contributed by atoms with Gasteiger partial charge in [-0.2, -0.15) is 13.2 Å². The molecule has 2 aromatic carbocycles. The van der Waals surface area contributed by atoms with Gasteiger partial charge in [0.2, 0.25) is 0 Å². The predicted molar refractivity (Wildman–Crippen MR) is 107 cm³/mol. The first-order chi connectivity index (χ1) is 14.7. The molecule has 0 fully saturated rings. The van der Waals surface area contributed by atoms with Gasteiger partial charge in [0.15, 0.2) is 11.5 Å². The number of carbonyl (C=O) groups excluding carboxylic acids is 1. The molecule has 4 rings (SSSR count). The van der Waals surface area contributed by atoms with Crippen LogP contribution in [0.25, 0.3) is 17.0 Å². The van der Waals surface area contributed by atoms with Crippen molar-refractivity contribution in [1.82, 2.24) is 14.6 Å². The average Bonchev–Trinajstić information content (AvgIpc) is 3.13. The van der Waals surface area contributed by atoms with Gasteiger partial charge in [-0.15, -0.1) is 5.10 Å². The molecule has 2 N–H and O–H groups in total. The summed E-state index contributed by atoms with van der Waals surface area (Å²) in [5.74, 6) is -0.264. The van der Waals surface area contributed by atoms with Gasteiger partial charge in [0.05, 0.1) is 22.5 Å². The molecule has 2 amide bonds. The summed E-state index contributed by atoms with van der Waals surface area (Å²) in [6.07, 6.45) is -3.04. The minimum atomic E-state index is -4.52. The first-order valence-corrected chi connectivity index (χ1v) is 9.14. The van der Waals surface area contributed by atoms with Crippen molar-refractivity contribution in [1.29, 1.82) is 0 Å². The number of amides is 2. The summed E-state index contributed by atoms with van der Waals surface area (Å²) in [7, 11) is 0. The number of aromatic nitrogens is 3. The van der Waals surface area contributed by atoms with E-state index >= 15 is 0 Å². The Balaban J connectivity index is 1.51. The van der Waals surface area contributed by atoms with Crippen LogP contribution in [0, 0.1) is 5.82 Å². The number of fused-ring (bicyclic) bond motifs is 1. The van der Waals surface area contributed by atoms with Crippen LogP contribution >= 0.6 is 11.6 Å². The van der Waals surface area contributed by atoms with Gasteiger partial charge in [0.1, 0.15) is 5.82 Å². The number of nitrogens with one attached hydrogen (secondary N) is 2. The van der Waals surface area contributed by atoms with Crippen LogP contribution in [0.2, 0.25) is 5.02 Å². The van der Waals surface area contributed by atoms with E-state index in [1.54, 1.807) is 12.1 Å². The second-order valence-electron chi connectivity index (χ2n) is 6.44. The van der Waals surface area contributed by atoms with Crippen LogP contribution in [0.3, 0.4) is 0 Å². The van der Waals surface area contributed by atoms with E-state index in [1.165, 1.54) is 41.0 Å². The molecule has 11 heteroatoms. The van der Waals surface area contributed by atoms with Crippen molar-refractivity contribution in [2.24, 2.45) is 0 Å². The highest BCUT2D eigenvalue weighted by Gasteiger charge is 2.30. The number of urea groups is 1. The molecule has 2 aromatic heterocycles. The number of benzene rings is 2. The van der Waals surface area contributed by atoms with Crippen LogP contribution in [0.15, 0.2) is 60.8 Å². The lowest BCUT2D eigenvalue weighted by Crippen LogP contribution is -2.20. The zero-order valence-electron chi connectivity index (χ0n) is 15.4. The summed E-state index contributed by atoms with van der Waals surface area (Å²) in [5, 5.41) is 9.07. The minimum absolute atomic E-state index is 0.00960. The van der Waals surface area contributed by atoms with Gasteiger partial charge in [0, 0.05) is 11.3 Å². The van der Waals surface area contributed by atoms with Crippen LogP contribution in [-0.4, -0.2) is 20.6 Å². The molecule has 6 nitrogen and oxygen atoms in total. The minimum Gasteiger partial charge on any atom is -0.308 e. The van der Waals surface area contributed by atoms with Gasteiger partial charge in [-0.1, -0.05) is 17.7 Å². The van der Waals surface area contributed by atoms with E-state index in [9.17, 15) is 22.4 Å². The largest absolute Gasteiger partial charge is 0.416 e. The number of carbonyl (C=O) groups is 1. The van der Waals surface area contributed by atoms with Gasteiger partial charge >= 0.3 is 12.2 Å². The number of alkyl halides is 3. The Morgan fingerprint density at radius 3 is 2.52 bits per heavy atom. The number of hydrogen-bond donors (Lipinski definition) is 2. The number of anilines is 2. The lowest BCUT2D eigenvalue weighted by Gasteiger charge is -2.10. The van der Waals surface area contributed by atoms with Crippen LogP contribution in [0.4, 0.5) is 33.7 Å². The van der Waals surface area contributed by atoms with E-state index in [0.29, 0.717) is 22.7 Å². The predicted octanol–water partition coefficient (Wildman–Crippen LogP) is 5.85. The van der Waals surface area contributed by atoms with Crippen molar-refractivity contribution in [3.63, 3.8) is 0 Å². The molecule has 0 aliphatic carbocycles. The quantitative estimate of drug-likeness (QED) is 0.385. The second-order valence-corrected chi connectivity index (χ2v) is 6.85. The lowest BCUT2D eigenvalue weighted by atomic mass is 10.2. The van der Waals surface area contributed by atoms with E-state index in [2.05, 4.69) is 20.7 Å². The van der Waals surface area contributed by atoms with Gasteiger partial charge < -0.3 is 10.6 Å². The molecule has 0 unspecified atom stereocenters. The van der Waals surface area contributed by atoms with Crippen LogP contribution < -0.4 is 10.6 Å². The van der Waals surface area contributed by atoms with Gasteiger partial charge in [-0.3, -0.25) is 0 Å². The van der Waals surface area contributed by atoms with Crippen molar-refractivity contribution in [3.8, 4) is 11.4 Å². The Bertz CT molecular complexity index is 1290. The Morgan fingerprint density at radius 2 is 1.77 bits per heavy atom. The molecule has 0 spiro atoms. The van der Waals surface area contributed by atoms with E-state index in [4.69, 9.17) is 11.6 Å². The highest BCUT2D eigenvalue weighted by Crippen LogP contribution is 2.30. The van der Waals surface area contributed by atoms with Crippen LogP contribution in [0.5, 0.6) is 0 Å². The van der Waals surface area contributed by atoms with E-state index in [-0.39, 0.29) is 10.7 Å². The molecule has 0 aliphatic heterocycles. The van der Waals surface area contributed by atoms with Crippen molar-refractivity contribution in [3.05, 3.63) is 77.2 Å². The number of pyridine rings is 1. The maximum Gasteiger partial charge on any atom is 0.416 e. The summed E-state index contributed by atoms with van der Waals surface area (Å²) in [4.78, 5) is 16.5. The third kappa shape index (κ3) is 4.58. The molecule has 2 heterocycles. The Labute approximate surface area is 177 Å². The third-order valence-corrected chi connectivity index (χ3v) is 4.50. The highest BCUT2D eigenvalue weighted by atomic mass is 35.5. The van der Waals surface area contributed by atoms with E-state index in [1.807, 2.05) is 0 Å². The zero-order valence-corrected chi connectivity index (χ0v) is 16.2. The number of rotatable bonds is 3. The Hall–Kier alpha value is -3.66. The number of halogens is 5. The fourth-order valence-corrected chi connectivity index (χ4v) is 2.96. The SMILES string of the molecule is O=C(Nc1cccc(C(F)(F)F)c1)Nc1ccc2nc(-c3ccc(F)c(Cl)c3)nn2c1. The molecule has 0 aliphatic rings. The van der Waals surface area contributed by atoms with E-state index in [0.717, 1.165) is 12.1 Å². The number of nitrogens with zero attached hydrogens (tertiary/aromatic N) is 3. The van der Waals surface area contributed by atoms with E-state index < -0.39 is 23.6 Å². The average molecular weight is 450 g/mol. The molecule has 0 atom stereocenters. The standard InChI is InChI=1S/C20H12ClF4N5O/c21-15-8-11(4-6-16(15)22)18-28-17-7-5-14(10-30(17)29-18)27-19(31)26-13-3-1-2-12(9-13)20(23,24)25/h1-10H,(H2,26,27,31). The summed E-state index contributed by atoms with van der Waals surface area (Å²) in [6.45, 7) is 0. The molecule has 31 heavy (non-hydrogen) atoms. The molecule has 0 radical (unpaired) electrons. The maximum atomic E-state index is 13.4. The molecular formula is C20H12ClF4N5O. The first kappa shape index (κ1) is 20.6. The van der Waals surface area contributed by atoms with Crippen molar-refractivity contribution in [2.45, 2.75) is 6.18 Å². The lowest BCUT2D eigenvalue weighted by molar-refractivity contribution is -0.137. The Morgan fingerprint density at radius 1 is 1.00 bits per heavy atom. The summed E-state index contributed by atoms with van der Waals surface area (Å²) in [5.41, 5.74) is 0.407. The van der Waals surface area contributed by atoms with Crippen LogP contribution in [-0.2, 0) is 6.18 Å². The van der Waals surface area contributed by atoms with Gasteiger partial charge in [-0.05, 0) is 48.5 Å². The normalized spacial score (nSPS) is 11.5. The monoisotopic (exact) mass is 449 g/mol. The van der Waals surface area contributed by atoms with Crippen molar-refractivity contribution in [2.75, 3.05) is 10.6 Å².